The Morgan fingerprint density at radius 1 is 1.32 bits per heavy atom. The lowest BCUT2D eigenvalue weighted by molar-refractivity contribution is -0.142. The lowest BCUT2D eigenvalue weighted by Crippen LogP contribution is -2.53. The summed E-state index contributed by atoms with van der Waals surface area (Å²) in [5.41, 5.74) is 4.91. The van der Waals surface area contributed by atoms with E-state index in [-0.39, 0.29) is 17.8 Å². The van der Waals surface area contributed by atoms with Gasteiger partial charge in [-0.2, -0.15) is 0 Å². The van der Waals surface area contributed by atoms with Crippen LogP contribution in [0.2, 0.25) is 0 Å². The number of rotatable bonds is 4. The standard InChI is InChI=1S/C16H22O3/c1-10-5-11(2)15(12(3)6-10)16(8-19-9-16)13(4)7-14(17)18/h5-6,13H,7-9H2,1-4H3,(H,17,18). The zero-order valence-electron chi connectivity index (χ0n) is 12.1. The van der Waals surface area contributed by atoms with Crippen molar-refractivity contribution >= 4 is 5.97 Å². The molecule has 1 unspecified atom stereocenters. The molecule has 0 saturated carbocycles. The van der Waals surface area contributed by atoms with Gasteiger partial charge in [0.25, 0.3) is 0 Å². The van der Waals surface area contributed by atoms with Gasteiger partial charge in [0, 0.05) is 11.8 Å². The Kier molecular flexibility index (Phi) is 3.68. The third-order valence-electron chi connectivity index (χ3n) is 4.32. The summed E-state index contributed by atoms with van der Waals surface area (Å²) in [4.78, 5) is 11.0. The monoisotopic (exact) mass is 262 g/mol. The second kappa shape index (κ2) is 4.97. The van der Waals surface area contributed by atoms with Crippen LogP contribution in [0, 0.1) is 26.7 Å². The van der Waals surface area contributed by atoms with Gasteiger partial charge in [-0.15, -0.1) is 0 Å². The van der Waals surface area contributed by atoms with Crippen molar-refractivity contribution < 1.29 is 14.6 Å². The van der Waals surface area contributed by atoms with E-state index in [9.17, 15) is 4.79 Å². The number of ether oxygens (including phenoxy) is 1. The van der Waals surface area contributed by atoms with Gasteiger partial charge in [0.2, 0.25) is 0 Å². The van der Waals surface area contributed by atoms with Gasteiger partial charge in [-0.25, -0.2) is 0 Å². The molecule has 1 atom stereocenters. The first-order chi connectivity index (χ1) is 8.86. The van der Waals surface area contributed by atoms with Gasteiger partial charge in [-0.1, -0.05) is 24.6 Å². The van der Waals surface area contributed by atoms with Gasteiger partial charge < -0.3 is 9.84 Å². The number of carbonyl (C=O) groups is 1. The number of benzene rings is 1. The van der Waals surface area contributed by atoms with Gasteiger partial charge in [0.05, 0.1) is 13.2 Å². The minimum atomic E-state index is -0.735. The molecule has 1 aromatic carbocycles. The topological polar surface area (TPSA) is 46.5 Å². The van der Waals surface area contributed by atoms with Crippen molar-refractivity contribution in [3.8, 4) is 0 Å². The second-order valence-electron chi connectivity index (χ2n) is 5.92. The maximum atomic E-state index is 11.0. The van der Waals surface area contributed by atoms with E-state index in [2.05, 4.69) is 32.9 Å². The summed E-state index contributed by atoms with van der Waals surface area (Å²) in [6, 6.07) is 4.35. The predicted octanol–water partition coefficient (Wildman–Crippen LogP) is 2.99. The number of carboxylic acids is 1. The molecule has 0 aromatic heterocycles. The summed E-state index contributed by atoms with van der Waals surface area (Å²) >= 11 is 0. The molecule has 3 heteroatoms. The Bertz CT molecular complexity index is 478. The quantitative estimate of drug-likeness (QED) is 0.907. The first kappa shape index (κ1) is 14.1. The van der Waals surface area contributed by atoms with Crippen molar-refractivity contribution in [3.05, 3.63) is 34.4 Å². The van der Waals surface area contributed by atoms with Crippen LogP contribution in [0.15, 0.2) is 12.1 Å². The van der Waals surface area contributed by atoms with Crippen molar-refractivity contribution in [2.24, 2.45) is 5.92 Å². The molecular formula is C16H22O3. The van der Waals surface area contributed by atoms with Crippen molar-refractivity contribution in [2.45, 2.75) is 39.5 Å². The molecule has 0 amide bonds. The fraction of sp³-hybridized carbons (Fsp3) is 0.562. The van der Waals surface area contributed by atoms with Gasteiger partial charge in [0.1, 0.15) is 0 Å². The first-order valence-corrected chi connectivity index (χ1v) is 6.74. The van der Waals surface area contributed by atoms with E-state index in [1.54, 1.807) is 0 Å². The Labute approximate surface area is 114 Å². The number of hydrogen-bond donors (Lipinski definition) is 1. The smallest absolute Gasteiger partial charge is 0.303 e. The minimum absolute atomic E-state index is 0.0823. The van der Waals surface area contributed by atoms with Gasteiger partial charge in [0.15, 0.2) is 0 Å². The Balaban J connectivity index is 2.45. The molecule has 1 N–H and O–H groups in total. The second-order valence-corrected chi connectivity index (χ2v) is 5.92. The molecule has 19 heavy (non-hydrogen) atoms. The van der Waals surface area contributed by atoms with Crippen molar-refractivity contribution in [2.75, 3.05) is 13.2 Å². The fourth-order valence-electron chi connectivity index (χ4n) is 3.42. The van der Waals surface area contributed by atoms with Crippen LogP contribution in [0.5, 0.6) is 0 Å². The predicted molar refractivity (Wildman–Crippen MR) is 74.6 cm³/mol. The highest BCUT2D eigenvalue weighted by atomic mass is 16.5. The van der Waals surface area contributed by atoms with Gasteiger partial charge in [-0.3, -0.25) is 4.79 Å². The molecule has 0 radical (unpaired) electrons. The summed E-state index contributed by atoms with van der Waals surface area (Å²) in [7, 11) is 0. The highest BCUT2D eigenvalue weighted by Gasteiger charge is 2.47. The normalized spacial score (nSPS) is 18.7. The van der Waals surface area contributed by atoms with Crippen LogP contribution in [-0.2, 0) is 14.9 Å². The van der Waals surface area contributed by atoms with Crippen LogP contribution in [0.3, 0.4) is 0 Å². The summed E-state index contributed by atoms with van der Waals surface area (Å²) < 4.78 is 5.44. The maximum Gasteiger partial charge on any atom is 0.303 e. The maximum absolute atomic E-state index is 11.0. The fourth-order valence-corrected chi connectivity index (χ4v) is 3.42. The van der Waals surface area contributed by atoms with Gasteiger partial charge in [-0.05, 0) is 43.4 Å². The van der Waals surface area contributed by atoms with E-state index in [1.165, 1.54) is 22.3 Å². The SMILES string of the molecule is Cc1cc(C)c(C2(C(C)CC(=O)O)COC2)c(C)c1. The van der Waals surface area contributed by atoms with E-state index in [0.29, 0.717) is 13.2 Å². The first-order valence-electron chi connectivity index (χ1n) is 6.74. The molecular weight excluding hydrogens is 240 g/mol. The largest absolute Gasteiger partial charge is 0.481 e. The zero-order chi connectivity index (χ0) is 14.2. The molecule has 1 aromatic rings. The van der Waals surface area contributed by atoms with Crippen molar-refractivity contribution in [1.82, 2.24) is 0 Å². The number of carboxylic acid groups (broad SMARTS) is 1. The lowest BCUT2D eigenvalue weighted by atomic mass is 9.65. The van der Waals surface area contributed by atoms with Gasteiger partial charge >= 0.3 is 5.97 Å². The molecule has 1 fully saturated rings. The number of aliphatic carboxylic acids is 1. The van der Waals surface area contributed by atoms with Crippen LogP contribution in [0.4, 0.5) is 0 Å². The molecule has 0 aliphatic carbocycles. The molecule has 3 nitrogen and oxygen atoms in total. The van der Waals surface area contributed by atoms with E-state index in [0.717, 1.165) is 0 Å². The van der Waals surface area contributed by atoms with Crippen LogP contribution in [0.25, 0.3) is 0 Å². The van der Waals surface area contributed by atoms with Crippen molar-refractivity contribution in [1.29, 1.82) is 0 Å². The molecule has 1 heterocycles. The zero-order valence-corrected chi connectivity index (χ0v) is 12.1. The van der Waals surface area contributed by atoms with E-state index < -0.39 is 5.97 Å². The highest BCUT2D eigenvalue weighted by Crippen LogP contribution is 2.44. The van der Waals surface area contributed by atoms with Crippen LogP contribution in [-0.4, -0.2) is 24.3 Å². The summed E-state index contributed by atoms with van der Waals surface area (Å²) in [5.74, 6) is -0.653. The molecule has 0 spiro atoms. The summed E-state index contributed by atoms with van der Waals surface area (Å²) in [6.45, 7) is 9.61. The summed E-state index contributed by atoms with van der Waals surface area (Å²) in [5, 5.41) is 9.06. The summed E-state index contributed by atoms with van der Waals surface area (Å²) in [6.07, 6.45) is 0.191. The van der Waals surface area contributed by atoms with Crippen LogP contribution < -0.4 is 0 Å². The number of aryl methyl sites for hydroxylation is 3. The highest BCUT2D eigenvalue weighted by molar-refractivity contribution is 5.67. The molecule has 1 aliphatic rings. The lowest BCUT2D eigenvalue weighted by Gasteiger charge is -2.47. The molecule has 1 aliphatic heterocycles. The van der Waals surface area contributed by atoms with Crippen LogP contribution in [0.1, 0.15) is 35.6 Å². The third kappa shape index (κ3) is 2.39. The average molecular weight is 262 g/mol. The van der Waals surface area contributed by atoms with E-state index in [4.69, 9.17) is 9.84 Å². The Morgan fingerprint density at radius 3 is 2.21 bits per heavy atom. The molecule has 1 saturated heterocycles. The van der Waals surface area contributed by atoms with E-state index in [1.807, 2.05) is 6.92 Å². The van der Waals surface area contributed by atoms with Crippen molar-refractivity contribution in [3.63, 3.8) is 0 Å². The Morgan fingerprint density at radius 2 is 1.84 bits per heavy atom. The van der Waals surface area contributed by atoms with E-state index >= 15 is 0 Å². The average Bonchev–Trinajstić information content (AvgIpc) is 2.18. The Hall–Kier alpha value is -1.35. The molecule has 0 bridgehead atoms. The molecule has 2 rings (SSSR count). The third-order valence-corrected chi connectivity index (χ3v) is 4.32. The number of hydrogen-bond acceptors (Lipinski definition) is 2. The minimum Gasteiger partial charge on any atom is -0.481 e. The molecule has 104 valence electrons. The van der Waals surface area contributed by atoms with Crippen LogP contribution >= 0.6 is 0 Å².